The van der Waals surface area contributed by atoms with Crippen LogP contribution in [0.4, 0.5) is 0 Å². The van der Waals surface area contributed by atoms with Gasteiger partial charge in [0.25, 0.3) is 0 Å². The van der Waals surface area contributed by atoms with Crippen molar-refractivity contribution in [2.24, 2.45) is 0 Å². The van der Waals surface area contributed by atoms with Gasteiger partial charge in [-0.05, 0) is 34.7 Å². The minimum Gasteiger partial charge on any atom is -0.457 e. The number of rotatable bonds is 0. The van der Waals surface area contributed by atoms with Crippen molar-refractivity contribution < 1.29 is 4.74 Å². The molecular formula is C26H19NO. The van der Waals surface area contributed by atoms with Gasteiger partial charge in [0.2, 0.25) is 0 Å². The average Bonchev–Trinajstić information content (AvgIpc) is 2.78. The Labute approximate surface area is 164 Å². The van der Waals surface area contributed by atoms with Gasteiger partial charge in [-0.3, -0.25) is 4.98 Å². The fraction of sp³-hybridized carbons (Fsp3) is 0.0385. The van der Waals surface area contributed by atoms with Crippen molar-refractivity contribution in [3.63, 3.8) is 0 Å². The van der Waals surface area contributed by atoms with Crippen molar-refractivity contribution in [3.05, 3.63) is 114 Å². The molecule has 0 saturated heterocycles. The number of fused-ring (bicyclic) bond motifs is 5. The zero-order chi connectivity index (χ0) is 18.8. The molecule has 1 aliphatic rings. The van der Waals surface area contributed by atoms with E-state index in [0.29, 0.717) is 0 Å². The molecule has 0 N–H and O–H groups in total. The molecule has 2 heteroatoms. The first-order valence-electron chi connectivity index (χ1n) is 9.45. The first-order chi connectivity index (χ1) is 13.9. The van der Waals surface area contributed by atoms with Crippen LogP contribution in [0.2, 0.25) is 0 Å². The molecule has 0 spiro atoms. The lowest BCUT2D eigenvalue weighted by Crippen LogP contribution is -2.01. The number of ether oxygens (including phenoxy) is 1. The maximum absolute atomic E-state index is 5.78. The second kappa shape index (κ2) is 7.16. The van der Waals surface area contributed by atoms with Gasteiger partial charge < -0.3 is 4.74 Å². The summed E-state index contributed by atoms with van der Waals surface area (Å²) in [4.78, 5) is 4.41. The van der Waals surface area contributed by atoms with Crippen LogP contribution in [-0.2, 0) is 6.42 Å². The summed E-state index contributed by atoms with van der Waals surface area (Å²) in [6, 6.07) is 33.0. The molecule has 0 amide bonds. The fourth-order valence-corrected chi connectivity index (χ4v) is 3.64. The third-order valence-corrected chi connectivity index (χ3v) is 5.04. The molecule has 0 bridgehead atoms. The van der Waals surface area contributed by atoms with Gasteiger partial charge in [-0.15, -0.1) is 0 Å². The molecule has 4 aromatic carbocycles. The maximum Gasteiger partial charge on any atom is 0.130 e. The molecule has 134 valence electrons. The molecule has 2 nitrogen and oxygen atoms in total. The summed E-state index contributed by atoms with van der Waals surface area (Å²) < 4.78 is 5.78. The zero-order valence-electron chi connectivity index (χ0n) is 15.4. The highest BCUT2D eigenvalue weighted by atomic mass is 16.5. The third-order valence-electron chi connectivity index (χ3n) is 5.04. The van der Waals surface area contributed by atoms with Gasteiger partial charge in [-0.25, -0.2) is 0 Å². The Kier molecular flexibility index (Phi) is 4.23. The largest absolute Gasteiger partial charge is 0.457 e. The lowest BCUT2D eigenvalue weighted by Gasteiger charge is -2.19. The first-order valence-corrected chi connectivity index (χ1v) is 9.45. The minimum absolute atomic E-state index is 0.979. The minimum atomic E-state index is 0.979. The van der Waals surface area contributed by atoms with E-state index in [0.717, 1.165) is 23.4 Å². The number of hydrogen-bond acceptors (Lipinski definition) is 2. The highest BCUT2D eigenvalue weighted by Gasteiger charge is 2.14. The molecular weight excluding hydrogens is 342 g/mol. The van der Waals surface area contributed by atoms with Crippen LogP contribution < -0.4 is 4.74 Å². The highest BCUT2D eigenvalue weighted by molar-refractivity contribution is 6.04. The van der Waals surface area contributed by atoms with Crippen LogP contribution in [0.25, 0.3) is 21.7 Å². The van der Waals surface area contributed by atoms with Gasteiger partial charge in [0.15, 0.2) is 0 Å². The third kappa shape index (κ3) is 3.10. The van der Waals surface area contributed by atoms with Gasteiger partial charge in [0.1, 0.15) is 11.5 Å². The molecule has 2 heterocycles. The summed E-state index contributed by atoms with van der Waals surface area (Å²) in [5.74, 6) is 1.98. The van der Waals surface area contributed by atoms with E-state index < -0.39 is 0 Å². The van der Waals surface area contributed by atoms with Crippen molar-refractivity contribution in [1.82, 2.24) is 4.98 Å². The van der Waals surface area contributed by atoms with Crippen LogP contribution in [-0.4, -0.2) is 4.98 Å². The quantitative estimate of drug-likeness (QED) is 0.278. The Morgan fingerprint density at radius 2 is 1.18 bits per heavy atom. The van der Waals surface area contributed by atoms with E-state index in [2.05, 4.69) is 71.7 Å². The number of hydrogen-bond donors (Lipinski definition) is 0. The van der Waals surface area contributed by atoms with E-state index in [1.54, 1.807) is 0 Å². The second-order valence-electron chi connectivity index (χ2n) is 6.86. The molecule has 28 heavy (non-hydrogen) atoms. The predicted octanol–water partition coefficient (Wildman–Crippen LogP) is 6.77. The van der Waals surface area contributed by atoms with E-state index in [-0.39, 0.29) is 0 Å². The summed E-state index contributed by atoms with van der Waals surface area (Å²) in [5.41, 5.74) is 3.63. The summed E-state index contributed by atoms with van der Waals surface area (Å²) >= 11 is 0. The standard InChI is InChI=1S/C13H9N.C13H10O/c1-2-6-12-10(4-1)7-8-11-5-3-9-14-13(11)12;1-3-7-12-10(5-1)9-11-6-2-4-8-13(11)14-12/h1-9H;1-8H,9H2. The predicted molar refractivity (Wildman–Crippen MR) is 115 cm³/mol. The Bertz CT molecular complexity index is 1130. The number of benzene rings is 4. The Balaban J connectivity index is 0.000000122. The number of nitrogens with zero attached hydrogens (tertiary/aromatic N) is 1. The van der Waals surface area contributed by atoms with E-state index in [9.17, 15) is 0 Å². The van der Waals surface area contributed by atoms with Crippen molar-refractivity contribution in [2.75, 3.05) is 0 Å². The highest BCUT2D eigenvalue weighted by Crippen LogP contribution is 2.35. The zero-order valence-corrected chi connectivity index (χ0v) is 15.4. The van der Waals surface area contributed by atoms with Gasteiger partial charge >= 0.3 is 0 Å². The van der Waals surface area contributed by atoms with Gasteiger partial charge in [0.05, 0.1) is 5.52 Å². The van der Waals surface area contributed by atoms with E-state index >= 15 is 0 Å². The maximum atomic E-state index is 5.78. The summed E-state index contributed by atoms with van der Waals surface area (Å²) in [6.45, 7) is 0. The van der Waals surface area contributed by atoms with Crippen LogP contribution in [0.15, 0.2) is 103 Å². The number of pyridine rings is 1. The molecule has 0 aliphatic carbocycles. The molecule has 0 fully saturated rings. The molecule has 0 radical (unpaired) electrons. The lowest BCUT2D eigenvalue weighted by atomic mass is 10.0. The van der Waals surface area contributed by atoms with Crippen molar-refractivity contribution in [1.29, 1.82) is 0 Å². The van der Waals surface area contributed by atoms with Crippen molar-refractivity contribution >= 4 is 21.7 Å². The average molecular weight is 361 g/mol. The number of para-hydroxylation sites is 2. The summed E-state index contributed by atoms with van der Waals surface area (Å²) in [5, 5.41) is 3.68. The van der Waals surface area contributed by atoms with Crippen LogP contribution in [0, 0.1) is 0 Å². The van der Waals surface area contributed by atoms with Gasteiger partial charge in [-0.2, -0.15) is 0 Å². The number of aromatic nitrogens is 1. The Hall–Kier alpha value is -3.65. The topological polar surface area (TPSA) is 22.1 Å². The molecule has 0 saturated carbocycles. The van der Waals surface area contributed by atoms with E-state index in [1.165, 1.54) is 27.3 Å². The van der Waals surface area contributed by atoms with Crippen LogP contribution >= 0.6 is 0 Å². The molecule has 1 aromatic heterocycles. The van der Waals surface area contributed by atoms with Crippen LogP contribution in [0.3, 0.4) is 0 Å². The molecule has 0 atom stereocenters. The van der Waals surface area contributed by atoms with Crippen molar-refractivity contribution in [2.45, 2.75) is 6.42 Å². The fourth-order valence-electron chi connectivity index (χ4n) is 3.64. The van der Waals surface area contributed by atoms with Crippen LogP contribution in [0.1, 0.15) is 11.1 Å². The Morgan fingerprint density at radius 1 is 0.571 bits per heavy atom. The molecule has 1 aliphatic heterocycles. The normalized spacial score (nSPS) is 11.7. The van der Waals surface area contributed by atoms with Gasteiger partial charge in [0, 0.05) is 23.4 Å². The van der Waals surface area contributed by atoms with E-state index in [1.807, 2.05) is 36.5 Å². The monoisotopic (exact) mass is 361 g/mol. The lowest BCUT2D eigenvalue weighted by molar-refractivity contribution is 0.460. The molecule has 5 aromatic rings. The molecule has 6 rings (SSSR count). The Morgan fingerprint density at radius 3 is 1.96 bits per heavy atom. The van der Waals surface area contributed by atoms with Crippen molar-refractivity contribution in [3.8, 4) is 11.5 Å². The molecule has 0 unspecified atom stereocenters. The first kappa shape index (κ1) is 16.5. The van der Waals surface area contributed by atoms with E-state index in [4.69, 9.17) is 4.74 Å². The van der Waals surface area contributed by atoms with Crippen LogP contribution in [0.5, 0.6) is 11.5 Å². The SMILES string of the molecule is c1ccc2c(c1)Cc1ccccc1O2.c1ccc2c(c1)ccc1cccnc12. The summed E-state index contributed by atoms with van der Waals surface area (Å²) in [6.07, 6.45) is 2.82. The smallest absolute Gasteiger partial charge is 0.130 e. The van der Waals surface area contributed by atoms with Gasteiger partial charge in [-0.1, -0.05) is 78.9 Å². The summed E-state index contributed by atoms with van der Waals surface area (Å²) in [7, 11) is 0. The second-order valence-corrected chi connectivity index (χ2v) is 6.86.